The third-order valence-electron chi connectivity index (χ3n) is 1.75. The zero-order valence-corrected chi connectivity index (χ0v) is 9.40. The van der Waals surface area contributed by atoms with Crippen LogP contribution in [0.5, 0.6) is 0 Å². The summed E-state index contributed by atoms with van der Waals surface area (Å²) in [5.74, 6) is 0.193. The number of benzene rings is 1. The highest BCUT2D eigenvalue weighted by Gasteiger charge is 1.97. The molecule has 1 aromatic rings. The van der Waals surface area contributed by atoms with E-state index in [0.29, 0.717) is 6.42 Å². The summed E-state index contributed by atoms with van der Waals surface area (Å²) in [6, 6.07) is 10.1. The van der Waals surface area contributed by atoms with E-state index < -0.39 is 0 Å². The molecule has 0 saturated heterocycles. The van der Waals surface area contributed by atoms with Crippen molar-refractivity contribution >= 4 is 28.4 Å². The lowest BCUT2D eigenvalue weighted by atomic mass is 10.1. The molecule has 0 atom stereocenters. The van der Waals surface area contributed by atoms with Crippen molar-refractivity contribution in [1.82, 2.24) is 0 Å². The fraction of sp³-hybridized carbons (Fsp3) is 0.182. The van der Waals surface area contributed by atoms with Crippen LogP contribution in [-0.4, -0.2) is 5.78 Å². The van der Waals surface area contributed by atoms with Gasteiger partial charge in [0, 0.05) is 6.42 Å². The van der Waals surface area contributed by atoms with Crippen LogP contribution >= 0.6 is 22.6 Å². The largest absolute Gasteiger partial charge is 0.295 e. The molecule has 1 nitrogen and oxygen atoms in total. The summed E-state index contributed by atoms with van der Waals surface area (Å²) in [4.78, 5) is 11.1. The minimum absolute atomic E-state index is 0.193. The second kappa shape index (κ2) is 5.91. The van der Waals surface area contributed by atoms with Gasteiger partial charge in [-0.15, -0.1) is 0 Å². The zero-order valence-electron chi connectivity index (χ0n) is 7.24. The Balaban J connectivity index is 2.40. The van der Waals surface area contributed by atoms with E-state index in [9.17, 15) is 4.79 Å². The summed E-state index contributed by atoms with van der Waals surface area (Å²) in [6.07, 6.45) is 3.05. The zero-order chi connectivity index (χ0) is 9.52. The van der Waals surface area contributed by atoms with Gasteiger partial charge in [0.1, 0.15) is 0 Å². The average Bonchev–Trinajstić information content (AvgIpc) is 2.17. The van der Waals surface area contributed by atoms with Crippen molar-refractivity contribution in [2.24, 2.45) is 0 Å². The number of allylic oxidation sites excluding steroid dienone is 1. The fourth-order valence-electron chi connectivity index (χ4n) is 1.07. The summed E-state index contributed by atoms with van der Waals surface area (Å²) in [5, 5.41) is 0. The molecule has 0 aliphatic carbocycles. The molecule has 0 heterocycles. The summed E-state index contributed by atoms with van der Waals surface area (Å²) in [5.41, 5.74) is 1.22. The van der Waals surface area contributed by atoms with E-state index in [1.807, 2.05) is 30.3 Å². The Bertz CT molecular complexity index is 290. The molecular weight excluding hydrogens is 275 g/mol. The Kier molecular flexibility index (Phi) is 4.75. The number of ketones is 1. The summed E-state index contributed by atoms with van der Waals surface area (Å²) in [7, 11) is 0. The number of carbonyl (C=O) groups excluding carboxylic acids is 1. The molecular formula is C11H11IO. The fourth-order valence-corrected chi connectivity index (χ4v) is 1.47. The lowest BCUT2D eigenvalue weighted by Gasteiger charge is -1.96. The highest BCUT2D eigenvalue weighted by atomic mass is 127. The molecule has 0 spiro atoms. The predicted molar refractivity (Wildman–Crippen MR) is 62.9 cm³/mol. The smallest absolute Gasteiger partial charge is 0.156 e. The molecule has 0 amide bonds. The van der Waals surface area contributed by atoms with Crippen LogP contribution in [0, 0.1) is 0 Å². The van der Waals surface area contributed by atoms with Gasteiger partial charge in [-0.05, 0) is 22.1 Å². The van der Waals surface area contributed by atoms with Crippen molar-refractivity contribution in [3.8, 4) is 0 Å². The van der Waals surface area contributed by atoms with Crippen molar-refractivity contribution in [2.75, 3.05) is 0 Å². The molecule has 2 heteroatoms. The van der Waals surface area contributed by atoms with Gasteiger partial charge in [-0.1, -0.05) is 52.9 Å². The van der Waals surface area contributed by atoms with Crippen LogP contribution in [0.15, 0.2) is 40.5 Å². The maximum atomic E-state index is 11.1. The van der Waals surface area contributed by atoms with Crippen LogP contribution < -0.4 is 0 Å². The monoisotopic (exact) mass is 286 g/mol. The molecule has 13 heavy (non-hydrogen) atoms. The molecule has 0 fully saturated rings. The maximum Gasteiger partial charge on any atom is 0.156 e. The summed E-state index contributed by atoms with van der Waals surface area (Å²) in [6.45, 7) is 0. The van der Waals surface area contributed by atoms with Crippen molar-refractivity contribution in [3.63, 3.8) is 0 Å². The predicted octanol–water partition coefficient (Wildman–Crippen LogP) is 3.14. The lowest BCUT2D eigenvalue weighted by molar-refractivity contribution is -0.114. The van der Waals surface area contributed by atoms with E-state index in [1.165, 1.54) is 5.56 Å². The first-order valence-electron chi connectivity index (χ1n) is 4.16. The number of rotatable bonds is 4. The van der Waals surface area contributed by atoms with E-state index in [-0.39, 0.29) is 5.78 Å². The standard InChI is InChI=1S/C11H11IO/c12-9-8-11(13)7-6-10-4-2-1-3-5-10/h1-5,8-9H,6-7H2/b9-8+. The maximum absolute atomic E-state index is 11.1. The third kappa shape index (κ3) is 4.22. The minimum atomic E-state index is 0.193. The second-order valence-electron chi connectivity index (χ2n) is 2.74. The summed E-state index contributed by atoms with van der Waals surface area (Å²) >= 11 is 2.06. The molecule has 1 aromatic carbocycles. The number of halogens is 1. The first kappa shape index (κ1) is 10.4. The molecule has 68 valence electrons. The lowest BCUT2D eigenvalue weighted by Crippen LogP contribution is -1.95. The van der Waals surface area contributed by atoms with Gasteiger partial charge < -0.3 is 0 Å². The summed E-state index contributed by atoms with van der Waals surface area (Å²) < 4.78 is 1.76. The quantitative estimate of drug-likeness (QED) is 0.614. The third-order valence-corrected chi connectivity index (χ3v) is 2.11. The Morgan fingerprint density at radius 1 is 1.31 bits per heavy atom. The van der Waals surface area contributed by atoms with Crippen LogP contribution in [-0.2, 0) is 11.2 Å². The SMILES string of the molecule is O=C(/C=C/I)CCc1ccccc1. The molecule has 0 aliphatic rings. The van der Waals surface area contributed by atoms with Crippen molar-refractivity contribution in [3.05, 3.63) is 46.1 Å². The Hall–Kier alpha value is -0.640. The van der Waals surface area contributed by atoms with Crippen molar-refractivity contribution in [2.45, 2.75) is 12.8 Å². The highest BCUT2D eigenvalue weighted by molar-refractivity contribution is 14.1. The first-order valence-corrected chi connectivity index (χ1v) is 5.41. The minimum Gasteiger partial charge on any atom is -0.295 e. The highest BCUT2D eigenvalue weighted by Crippen LogP contribution is 2.03. The van der Waals surface area contributed by atoms with Gasteiger partial charge in [0.05, 0.1) is 0 Å². The molecule has 0 aliphatic heterocycles. The topological polar surface area (TPSA) is 17.1 Å². The van der Waals surface area contributed by atoms with Gasteiger partial charge in [-0.3, -0.25) is 4.79 Å². The van der Waals surface area contributed by atoms with E-state index in [0.717, 1.165) is 6.42 Å². The molecule has 0 bridgehead atoms. The van der Waals surface area contributed by atoms with E-state index in [1.54, 1.807) is 10.2 Å². The van der Waals surface area contributed by atoms with Crippen molar-refractivity contribution in [1.29, 1.82) is 0 Å². The Labute approximate surface area is 92.0 Å². The normalized spacial score (nSPS) is 10.5. The molecule has 0 radical (unpaired) electrons. The Morgan fingerprint density at radius 3 is 2.62 bits per heavy atom. The van der Waals surface area contributed by atoms with E-state index in [4.69, 9.17) is 0 Å². The van der Waals surface area contributed by atoms with Gasteiger partial charge in [0.25, 0.3) is 0 Å². The molecule has 1 rings (SSSR count). The number of hydrogen-bond acceptors (Lipinski definition) is 1. The van der Waals surface area contributed by atoms with Crippen LogP contribution in [0.25, 0.3) is 0 Å². The van der Waals surface area contributed by atoms with Crippen LogP contribution in [0.3, 0.4) is 0 Å². The van der Waals surface area contributed by atoms with Gasteiger partial charge in [-0.25, -0.2) is 0 Å². The number of carbonyl (C=O) groups is 1. The average molecular weight is 286 g/mol. The van der Waals surface area contributed by atoms with Gasteiger partial charge in [-0.2, -0.15) is 0 Å². The van der Waals surface area contributed by atoms with E-state index in [2.05, 4.69) is 22.6 Å². The van der Waals surface area contributed by atoms with Crippen molar-refractivity contribution < 1.29 is 4.79 Å². The Morgan fingerprint density at radius 2 is 2.00 bits per heavy atom. The number of hydrogen-bond donors (Lipinski definition) is 0. The van der Waals surface area contributed by atoms with E-state index >= 15 is 0 Å². The molecule has 0 aromatic heterocycles. The number of aryl methyl sites for hydroxylation is 1. The molecule has 0 N–H and O–H groups in total. The van der Waals surface area contributed by atoms with Crippen LogP contribution in [0.2, 0.25) is 0 Å². The van der Waals surface area contributed by atoms with Gasteiger partial charge >= 0.3 is 0 Å². The van der Waals surface area contributed by atoms with Gasteiger partial charge in [0.15, 0.2) is 5.78 Å². The van der Waals surface area contributed by atoms with Crippen LogP contribution in [0.1, 0.15) is 12.0 Å². The van der Waals surface area contributed by atoms with Crippen LogP contribution in [0.4, 0.5) is 0 Å². The molecule has 0 unspecified atom stereocenters. The molecule has 0 saturated carbocycles. The van der Waals surface area contributed by atoms with Gasteiger partial charge in [0.2, 0.25) is 0 Å². The second-order valence-corrected chi connectivity index (χ2v) is 3.46. The first-order chi connectivity index (χ1) is 6.33.